The molecule has 0 aliphatic heterocycles. The summed E-state index contributed by atoms with van der Waals surface area (Å²) in [6.45, 7) is 0. The van der Waals surface area contributed by atoms with Crippen molar-refractivity contribution in [1.29, 1.82) is 0 Å². The first kappa shape index (κ1) is 11.1. The molecule has 0 fully saturated rings. The van der Waals surface area contributed by atoms with E-state index in [1.165, 1.54) is 25.3 Å². The highest BCUT2D eigenvalue weighted by molar-refractivity contribution is 9.10. The minimum absolute atomic E-state index is 0.273. The normalized spacial score (nSPS) is 12.3. The van der Waals surface area contributed by atoms with Crippen molar-refractivity contribution in [2.45, 2.75) is 6.04 Å². The topological polar surface area (TPSA) is 52.3 Å². The van der Waals surface area contributed by atoms with E-state index in [1.807, 2.05) is 0 Å². The Morgan fingerprint density at radius 2 is 2.29 bits per heavy atom. The van der Waals surface area contributed by atoms with Crippen molar-refractivity contribution in [3.63, 3.8) is 0 Å². The third kappa shape index (κ3) is 2.30. The van der Waals surface area contributed by atoms with Gasteiger partial charge < -0.3 is 10.5 Å². The molecule has 0 radical (unpaired) electrons. The summed E-state index contributed by atoms with van der Waals surface area (Å²) in [4.78, 5) is 11.1. The fourth-order valence-electron chi connectivity index (χ4n) is 0.969. The monoisotopic (exact) mass is 261 g/mol. The zero-order valence-corrected chi connectivity index (χ0v) is 9.05. The molecule has 0 aliphatic carbocycles. The molecule has 0 bridgehead atoms. The summed E-state index contributed by atoms with van der Waals surface area (Å²) in [7, 11) is 1.25. The molecule has 0 aromatic heterocycles. The van der Waals surface area contributed by atoms with Crippen LogP contribution in [0.4, 0.5) is 4.39 Å². The smallest absolute Gasteiger partial charge is 0.327 e. The van der Waals surface area contributed by atoms with Gasteiger partial charge in [0, 0.05) is 0 Å². The predicted molar refractivity (Wildman–Crippen MR) is 53.0 cm³/mol. The lowest BCUT2D eigenvalue weighted by molar-refractivity contribution is -0.142. The lowest BCUT2D eigenvalue weighted by Gasteiger charge is -2.09. The Balaban J connectivity index is 2.96. The molecule has 3 nitrogen and oxygen atoms in total. The Morgan fingerprint density at radius 1 is 1.64 bits per heavy atom. The number of rotatable bonds is 2. The number of methoxy groups -OCH3 is 1. The van der Waals surface area contributed by atoms with Crippen LogP contribution in [0.15, 0.2) is 22.7 Å². The minimum Gasteiger partial charge on any atom is -0.468 e. The van der Waals surface area contributed by atoms with Crippen LogP contribution in [-0.2, 0) is 9.53 Å². The average molecular weight is 262 g/mol. The summed E-state index contributed by atoms with van der Waals surface area (Å²) in [6.07, 6.45) is 0. The number of halogens is 2. The molecular weight excluding hydrogens is 253 g/mol. The molecule has 1 rings (SSSR count). The summed E-state index contributed by atoms with van der Waals surface area (Å²) < 4.78 is 17.6. The van der Waals surface area contributed by atoms with Crippen LogP contribution in [0.3, 0.4) is 0 Å². The first-order valence-electron chi connectivity index (χ1n) is 3.84. The maximum absolute atomic E-state index is 12.8. The van der Waals surface area contributed by atoms with Crippen molar-refractivity contribution in [2.24, 2.45) is 5.73 Å². The van der Waals surface area contributed by atoms with Crippen LogP contribution in [0.1, 0.15) is 11.6 Å². The quantitative estimate of drug-likeness (QED) is 0.826. The zero-order chi connectivity index (χ0) is 10.7. The number of carbonyl (C=O) groups excluding carboxylic acids is 1. The first-order chi connectivity index (χ1) is 6.56. The van der Waals surface area contributed by atoms with Crippen LogP contribution in [0.2, 0.25) is 0 Å². The minimum atomic E-state index is -0.878. The van der Waals surface area contributed by atoms with E-state index in [0.717, 1.165) is 0 Å². The van der Waals surface area contributed by atoms with Crippen molar-refractivity contribution in [1.82, 2.24) is 0 Å². The van der Waals surface area contributed by atoms with E-state index in [9.17, 15) is 9.18 Å². The molecule has 76 valence electrons. The number of ether oxygens (including phenoxy) is 1. The van der Waals surface area contributed by atoms with Crippen molar-refractivity contribution in [3.8, 4) is 0 Å². The van der Waals surface area contributed by atoms with Crippen molar-refractivity contribution in [2.75, 3.05) is 7.11 Å². The van der Waals surface area contributed by atoms with Gasteiger partial charge in [0.25, 0.3) is 0 Å². The molecule has 0 heterocycles. The van der Waals surface area contributed by atoms with Gasteiger partial charge in [0.15, 0.2) is 0 Å². The summed E-state index contributed by atoms with van der Waals surface area (Å²) >= 11 is 3.00. The molecule has 5 heteroatoms. The second-order valence-electron chi connectivity index (χ2n) is 2.67. The van der Waals surface area contributed by atoms with Crippen LogP contribution in [-0.4, -0.2) is 13.1 Å². The Hall–Kier alpha value is -0.940. The van der Waals surface area contributed by atoms with Crippen LogP contribution in [0.5, 0.6) is 0 Å². The molecule has 1 aromatic rings. The van der Waals surface area contributed by atoms with Gasteiger partial charge in [0.2, 0.25) is 0 Å². The molecular formula is C9H9BrFNO2. The highest BCUT2D eigenvalue weighted by Gasteiger charge is 2.16. The van der Waals surface area contributed by atoms with Crippen LogP contribution >= 0.6 is 15.9 Å². The second-order valence-corrected chi connectivity index (χ2v) is 3.53. The number of benzene rings is 1. The number of nitrogens with two attached hydrogens (primary N) is 1. The summed E-state index contributed by atoms with van der Waals surface area (Å²) in [5.41, 5.74) is 6.05. The van der Waals surface area contributed by atoms with E-state index in [1.54, 1.807) is 0 Å². The van der Waals surface area contributed by atoms with Crippen LogP contribution < -0.4 is 5.73 Å². The zero-order valence-electron chi connectivity index (χ0n) is 7.46. The fourth-order valence-corrected chi connectivity index (χ4v) is 1.37. The largest absolute Gasteiger partial charge is 0.468 e. The number of hydrogen-bond acceptors (Lipinski definition) is 3. The molecule has 1 atom stereocenters. The van der Waals surface area contributed by atoms with E-state index < -0.39 is 17.8 Å². The van der Waals surface area contributed by atoms with Gasteiger partial charge in [-0.2, -0.15) is 0 Å². The second kappa shape index (κ2) is 4.52. The Morgan fingerprint density at radius 3 is 2.79 bits per heavy atom. The molecule has 0 unspecified atom stereocenters. The summed E-state index contributed by atoms with van der Waals surface area (Å²) in [5.74, 6) is -0.950. The molecule has 0 aliphatic rings. The number of esters is 1. The van der Waals surface area contributed by atoms with Gasteiger partial charge in [0.05, 0.1) is 11.6 Å². The highest BCUT2D eigenvalue weighted by Crippen LogP contribution is 2.20. The molecule has 0 saturated carbocycles. The first-order valence-corrected chi connectivity index (χ1v) is 4.64. The van der Waals surface area contributed by atoms with Gasteiger partial charge in [-0.1, -0.05) is 6.07 Å². The lowest BCUT2D eigenvalue weighted by atomic mass is 10.1. The number of hydrogen-bond donors (Lipinski definition) is 1. The van der Waals surface area contributed by atoms with Gasteiger partial charge in [-0.25, -0.2) is 4.39 Å². The van der Waals surface area contributed by atoms with E-state index in [4.69, 9.17) is 5.73 Å². The average Bonchev–Trinajstić information content (AvgIpc) is 2.20. The third-order valence-corrected chi connectivity index (χ3v) is 2.37. The third-order valence-electron chi connectivity index (χ3n) is 1.76. The van der Waals surface area contributed by atoms with E-state index in [0.29, 0.717) is 5.56 Å². The molecule has 0 spiro atoms. The summed E-state index contributed by atoms with van der Waals surface area (Å²) in [5, 5.41) is 0. The highest BCUT2D eigenvalue weighted by atomic mass is 79.9. The van der Waals surface area contributed by atoms with Crippen LogP contribution in [0, 0.1) is 5.82 Å². The summed E-state index contributed by atoms with van der Waals surface area (Å²) in [6, 6.07) is 3.26. The SMILES string of the molecule is COC(=O)[C@H](N)c1ccc(F)c(Br)c1. The van der Waals surface area contributed by atoms with Crippen LogP contribution in [0.25, 0.3) is 0 Å². The predicted octanol–water partition coefficient (Wildman–Crippen LogP) is 1.76. The Bertz CT molecular complexity index is 357. The van der Waals surface area contributed by atoms with E-state index in [2.05, 4.69) is 20.7 Å². The lowest BCUT2D eigenvalue weighted by Crippen LogP contribution is -2.22. The van der Waals surface area contributed by atoms with Gasteiger partial charge in [-0.3, -0.25) is 4.79 Å². The van der Waals surface area contributed by atoms with Gasteiger partial charge in [-0.05, 0) is 33.6 Å². The maximum atomic E-state index is 12.8. The molecule has 2 N–H and O–H groups in total. The van der Waals surface area contributed by atoms with E-state index >= 15 is 0 Å². The molecule has 1 aromatic carbocycles. The van der Waals surface area contributed by atoms with Gasteiger partial charge >= 0.3 is 5.97 Å². The standard InChI is InChI=1S/C9H9BrFNO2/c1-14-9(13)8(12)5-2-3-7(11)6(10)4-5/h2-4,8H,12H2,1H3/t8-/m1/s1. The van der Waals surface area contributed by atoms with E-state index in [-0.39, 0.29) is 4.47 Å². The number of carbonyl (C=O) groups is 1. The Labute approximate surface area is 89.2 Å². The van der Waals surface area contributed by atoms with Crippen molar-refractivity contribution in [3.05, 3.63) is 34.1 Å². The Kier molecular flexibility index (Phi) is 3.60. The molecule has 0 saturated heterocycles. The molecule has 14 heavy (non-hydrogen) atoms. The van der Waals surface area contributed by atoms with Gasteiger partial charge in [-0.15, -0.1) is 0 Å². The van der Waals surface area contributed by atoms with Crippen molar-refractivity contribution >= 4 is 21.9 Å². The fraction of sp³-hybridized carbons (Fsp3) is 0.222. The molecule has 0 amide bonds. The van der Waals surface area contributed by atoms with Crippen molar-refractivity contribution < 1.29 is 13.9 Å². The van der Waals surface area contributed by atoms with Gasteiger partial charge in [0.1, 0.15) is 11.9 Å². The maximum Gasteiger partial charge on any atom is 0.327 e.